The van der Waals surface area contributed by atoms with Gasteiger partial charge < -0.3 is 5.73 Å². The van der Waals surface area contributed by atoms with Gasteiger partial charge in [0.1, 0.15) is 5.69 Å². The monoisotopic (exact) mass is 190 g/mol. The van der Waals surface area contributed by atoms with Gasteiger partial charge >= 0.3 is 5.69 Å². The van der Waals surface area contributed by atoms with Crippen LogP contribution in [0.15, 0.2) is 12.1 Å². The van der Waals surface area contributed by atoms with Crippen LogP contribution in [0, 0.1) is 15.9 Å². The van der Waals surface area contributed by atoms with Crippen LogP contribution in [0.4, 0.5) is 15.8 Å². The van der Waals surface area contributed by atoms with Crippen molar-refractivity contribution in [2.75, 3.05) is 5.73 Å². The molecule has 0 aliphatic carbocycles. The molecule has 0 radical (unpaired) electrons. The van der Waals surface area contributed by atoms with Crippen molar-refractivity contribution in [3.8, 4) is 0 Å². The van der Waals surface area contributed by atoms with Crippen LogP contribution in [0.1, 0.15) is 0 Å². The van der Waals surface area contributed by atoms with Gasteiger partial charge in [-0.05, 0) is 12.1 Å². The summed E-state index contributed by atoms with van der Waals surface area (Å²) < 4.78 is 12.7. The number of nitrogens with two attached hydrogens (primary N) is 1. The van der Waals surface area contributed by atoms with Crippen molar-refractivity contribution in [1.29, 1.82) is 0 Å². The average Bonchev–Trinajstić information content (AvgIpc) is 1.97. The molecular weight excluding hydrogens is 187 g/mol. The molecule has 0 aliphatic heterocycles. The summed E-state index contributed by atoms with van der Waals surface area (Å²) in [5.41, 5.74) is 4.05. The number of nitro groups is 1. The van der Waals surface area contributed by atoms with E-state index in [-0.39, 0.29) is 10.7 Å². The molecule has 0 saturated carbocycles. The molecule has 1 rings (SSSR count). The summed E-state index contributed by atoms with van der Waals surface area (Å²) in [6.07, 6.45) is 0. The predicted molar refractivity (Wildman–Crippen MR) is 42.5 cm³/mol. The van der Waals surface area contributed by atoms with Gasteiger partial charge in [0, 0.05) is 0 Å². The molecule has 0 heterocycles. The molecular formula is C6H4ClFN2O2. The summed E-state index contributed by atoms with van der Waals surface area (Å²) in [5, 5.41) is 10.2. The maximum Gasteiger partial charge on any atom is 0.328 e. The SMILES string of the molecule is Nc1c(Cl)ccc(F)c1[N+](=O)[O-]. The lowest BCUT2D eigenvalue weighted by molar-refractivity contribution is -0.386. The molecule has 0 amide bonds. The zero-order chi connectivity index (χ0) is 9.30. The normalized spacial score (nSPS) is 9.83. The lowest BCUT2D eigenvalue weighted by Crippen LogP contribution is -1.99. The standard InChI is InChI=1S/C6H4ClFN2O2/c7-3-1-2-4(8)6(5(3)9)10(11)12/h1-2H,9H2. The first-order chi connectivity index (χ1) is 5.54. The molecule has 12 heavy (non-hydrogen) atoms. The van der Waals surface area contributed by atoms with Gasteiger partial charge in [-0.25, -0.2) is 0 Å². The van der Waals surface area contributed by atoms with Crippen LogP contribution >= 0.6 is 11.6 Å². The van der Waals surface area contributed by atoms with E-state index in [0.717, 1.165) is 6.07 Å². The van der Waals surface area contributed by atoms with Gasteiger partial charge in [0.2, 0.25) is 5.82 Å². The maximum atomic E-state index is 12.7. The molecule has 0 spiro atoms. The molecule has 4 nitrogen and oxygen atoms in total. The first-order valence-corrected chi connectivity index (χ1v) is 3.29. The number of halogens is 2. The summed E-state index contributed by atoms with van der Waals surface area (Å²) in [6.45, 7) is 0. The Balaban J connectivity index is 3.43. The van der Waals surface area contributed by atoms with Crippen molar-refractivity contribution in [2.24, 2.45) is 0 Å². The van der Waals surface area contributed by atoms with Crippen LogP contribution in [-0.4, -0.2) is 4.92 Å². The molecule has 1 aromatic rings. The highest BCUT2D eigenvalue weighted by Gasteiger charge is 2.20. The lowest BCUT2D eigenvalue weighted by Gasteiger charge is -1.99. The third-order valence-corrected chi connectivity index (χ3v) is 1.63. The largest absolute Gasteiger partial charge is 0.392 e. The van der Waals surface area contributed by atoms with E-state index in [1.807, 2.05) is 0 Å². The van der Waals surface area contributed by atoms with Crippen LogP contribution in [-0.2, 0) is 0 Å². The minimum atomic E-state index is -0.984. The number of benzene rings is 1. The molecule has 0 unspecified atom stereocenters. The Labute approximate surface area is 71.9 Å². The highest BCUT2D eigenvalue weighted by atomic mass is 35.5. The maximum absolute atomic E-state index is 12.7. The van der Waals surface area contributed by atoms with Crippen molar-refractivity contribution < 1.29 is 9.31 Å². The molecule has 0 aliphatic rings. The molecule has 2 N–H and O–H groups in total. The summed E-state index contributed by atoms with van der Waals surface area (Å²) in [7, 11) is 0. The Morgan fingerprint density at radius 2 is 2.17 bits per heavy atom. The van der Waals surface area contributed by atoms with E-state index in [1.165, 1.54) is 6.07 Å². The van der Waals surface area contributed by atoms with E-state index in [0.29, 0.717) is 0 Å². The topological polar surface area (TPSA) is 69.2 Å². The molecule has 64 valence electrons. The molecule has 6 heteroatoms. The van der Waals surface area contributed by atoms with Crippen molar-refractivity contribution in [1.82, 2.24) is 0 Å². The molecule has 0 atom stereocenters. The molecule has 0 saturated heterocycles. The van der Waals surface area contributed by atoms with Crippen molar-refractivity contribution in [3.63, 3.8) is 0 Å². The highest BCUT2D eigenvalue weighted by molar-refractivity contribution is 6.33. The number of nitro benzene ring substituents is 1. The fourth-order valence-electron chi connectivity index (χ4n) is 0.742. The Morgan fingerprint density at radius 3 is 2.58 bits per heavy atom. The van der Waals surface area contributed by atoms with E-state index >= 15 is 0 Å². The van der Waals surface area contributed by atoms with Gasteiger partial charge in [0.15, 0.2) is 0 Å². The van der Waals surface area contributed by atoms with Crippen LogP contribution < -0.4 is 5.73 Å². The number of hydrogen-bond donors (Lipinski definition) is 1. The third-order valence-electron chi connectivity index (χ3n) is 1.30. The van der Waals surface area contributed by atoms with Gasteiger partial charge in [-0.2, -0.15) is 4.39 Å². The second-order valence-corrected chi connectivity index (χ2v) is 2.46. The summed E-state index contributed by atoms with van der Waals surface area (Å²) in [6, 6.07) is 2.07. The first-order valence-electron chi connectivity index (χ1n) is 2.92. The minimum absolute atomic E-state index is 0.0249. The van der Waals surface area contributed by atoms with Gasteiger partial charge in [-0.15, -0.1) is 0 Å². The Kier molecular flexibility index (Phi) is 2.14. The number of nitrogen functional groups attached to an aromatic ring is 1. The fourth-order valence-corrected chi connectivity index (χ4v) is 0.895. The smallest absolute Gasteiger partial charge is 0.328 e. The second kappa shape index (κ2) is 2.94. The minimum Gasteiger partial charge on any atom is -0.392 e. The number of rotatable bonds is 1. The van der Waals surface area contributed by atoms with Gasteiger partial charge in [0.25, 0.3) is 0 Å². The molecule has 0 aromatic heterocycles. The Bertz CT molecular complexity index is 343. The first kappa shape index (κ1) is 8.73. The van der Waals surface area contributed by atoms with Crippen LogP contribution in [0.3, 0.4) is 0 Å². The van der Waals surface area contributed by atoms with Crippen molar-refractivity contribution in [3.05, 3.63) is 33.1 Å². The third kappa shape index (κ3) is 1.31. The zero-order valence-electron chi connectivity index (χ0n) is 5.75. The van der Waals surface area contributed by atoms with E-state index < -0.39 is 16.4 Å². The zero-order valence-corrected chi connectivity index (χ0v) is 6.51. The quantitative estimate of drug-likeness (QED) is 0.418. The number of anilines is 1. The fraction of sp³-hybridized carbons (Fsp3) is 0. The lowest BCUT2D eigenvalue weighted by atomic mass is 10.2. The van der Waals surface area contributed by atoms with Gasteiger partial charge in [-0.1, -0.05) is 11.6 Å². The second-order valence-electron chi connectivity index (χ2n) is 2.05. The highest BCUT2D eigenvalue weighted by Crippen LogP contribution is 2.31. The van der Waals surface area contributed by atoms with E-state index in [4.69, 9.17) is 17.3 Å². The van der Waals surface area contributed by atoms with E-state index in [9.17, 15) is 14.5 Å². The average molecular weight is 191 g/mol. The van der Waals surface area contributed by atoms with Gasteiger partial charge in [0.05, 0.1) is 9.95 Å². The molecule has 0 fully saturated rings. The number of hydrogen-bond acceptors (Lipinski definition) is 3. The van der Waals surface area contributed by atoms with Crippen LogP contribution in [0.2, 0.25) is 5.02 Å². The predicted octanol–water partition coefficient (Wildman–Crippen LogP) is 1.97. The van der Waals surface area contributed by atoms with Crippen LogP contribution in [0.5, 0.6) is 0 Å². The van der Waals surface area contributed by atoms with Crippen LogP contribution in [0.25, 0.3) is 0 Å². The molecule has 0 bridgehead atoms. The number of nitrogens with zero attached hydrogens (tertiary/aromatic N) is 1. The Morgan fingerprint density at radius 1 is 1.58 bits per heavy atom. The summed E-state index contributed by atoms with van der Waals surface area (Å²) >= 11 is 5.43. The van der Waals surface area contributed by atoms with E-state index in [2.05, 4.69) is 0 Å². The molecule has 1 aromatic carbocycles. The Hall–Kier alpha value is -1.36. The van der Waals surface area contributed by atoms with Crippen molar-refractivity contribution in [2.45, 2.75) is 0 Å². The summed E-state index contributed by atoms with van der Waals surface area (Å²) in [4.78, 5) is 9.32. The van der Waals surface area contributed by atoms with E-state index in [1.54, 1.807) is 0 Å². The van der Waals surface area contributed by atoms with Crippen molar-refractivity contribution >= 4 is 23.0 Å². The van der Waals surface area contributed by atoms with Gasteiger partial charge in [-0.3, -0.25) is 10.1 Å². The summed E-state index contributed by atoms with van der Waals surface area (Å²) in [5.74, 6) is -0.984.